The zero-order valence-corrected chi connectivity index (χ0v) is 17.2. The lowest BCUT2D eigenvalue weighted by molar-refractivity contribution is -0.207. The van der Waals surface area contributed by atoms with Crippen LogP contribution >= 0.6 is 0 Å². The zero-order valence-electron chi connectivity index (χ0n) is 17.2. The van der Waals surface area contributed by atoms with Crippen LogP contribution in [0.2, 0.25) is 0 Å². The number of allylic oxidation sites excluding steroid dienone is 1. The Morgan fingerprint density at radius 2 is 1.97 bits per heavy atom. The molecule has 7 fully saturated rings. The van der Waals surface area contributed by atoms with Gasteiger partial charge in [-0.05, 0) is 44.1 Å². The summed E-state index contributed by atoms with van der Waals surface area (Å²) in [6, 6.07) is -0.134. The number of likely N-dealkylation sites (tertiary alicyclic amines) is 1. The molecule has 0 radical (unpaired) electrons. The van der Waals surface area contributed by atoms with E-state index < -0.39 is 22.2 Å². The summed E-state index contributed by atoms with van der Waals surface area (Å²) < 4.78 is 5.72. The summed E-state index contributed by atoms with van der Waals surface area (Å²) in [5.74, 6) is -1.78. The minimum absolute atomic E-state index is 0.00571. The first-order valence-corrected chi connectivity index (χ1v) is 10.8. The third-order valence-corrected chi connectivity index (χ3v) is 9.66. The van der Waals surface area contributed by atoms with Gasteiger partial charge in [-0.3, -0.25) is 19.2 Å². The molecule has 1 aliphatic heterocycles. The highest BCUT2D eigenvalue weighted by atomic mass is 16.5. The van der Waals surface area contributed by atoms with E-state index in [1.54, 1.807) is 0 Å². The van der Waals surface area contributed by atoms with Crippen molar-refractivity contribution in [3.63, 3.8) is 0 Å². The van der Waals surface area contributed by atoms with E-state index in [0.29, 0.717) is 32.2 Å². The number of esters is 1. The average molecular weight is 397 g/mol. The number of piperidine rings is 1. The third kappa shape index (κ3) is 1.65. The van der Waals surface area contributed by atoms with Crippen molar-refractivity contribution in [3.05, 3.63) is 12.2 Å². The maximum Gasteiger partial charge on any atom is 0.302 e. The predicted molar refractivity (Wildman–Crippen MR) is 102 cm³/mol. The maximum absolute atomic E-state index is 13.7. The molecule has 6 heteroatoms. The highest BCUT2D eigenvalue weighted by Crippen LogP contribution is 2.80. The Kier molecular flexibility index (Phi) is 3.04. The van der Waals surface area contributed by atoms with Gasteiger partial charge in [0.25, 0.3) is 0 Å². The number of fused-ring (bicyclic) bond motifs is 1. The topological polar surface area (TPSA) is 80.8 Å². The molecule has 0 aromatic rings. The second kappa shape index (κ2) is 4.90. The molecule has 1 heterocycles. The van der Waals surface area contributed by atoms with Gasteiger partial charge in [-0.25, -0.2) is 0 Å². The van der Waals surface area contributed by atoms with Crippen LogP contribution in [0.5, 0.6) is 0 Å². The Morgan fingerprint density at radius 3 is 2.66 bits per heavy atom. The number of hydrogen-bond acceptors (Lipinski definition) is 6. The summed E-state index contributed by atoms with van der Waals surface area (Å²) in [6.07, 6.45) is 1.99. The molecule has 7 rings (SSSR count). The van der Waals surface area contributed by atoms with Gasteiger partial charge >= 0.3 is 5.97 Å². The molecule has 6 bridgehead atoms. The molecular formula is C23H27NO5. The van der Waals surface area contributed by atoms with Crippen molar-refractivity contribution in [2.75, 3.05) is 13.6 Å². The lowest BCUT2D eigenvalue weighted by atomic mass is 9.39. The Morgan fingerprint density at radius 1 is 1.24 bits per heavy atom. The molecular weight excluding hydrogens is 370 g/mol. The van der Waals surface area contributed by atoms with Gasteiger partial charge in [0.05, 0.1) is 5.41 Å². The average Bonchev–Trinajstić information content (AvgIpc) is 2.74. The van der Waals surface area contributed by atoms with Crippen LogP contribution in [0.3, 0.4) is 0 Å². The first-order valence-electron chi connectivity index (χ1n) is 10.8. The van der Waals surface area contributed by atoms with Gasteiger partial charge in [-0.1, -0.05) is 19.1 Å². The Balaban J connectivity index is 1.63. The molecule has 7 aliphatic rings. The normalized spacial score (nSPS) is 54.7. The van der Waals surface area contributed by atoms with E-state index in [-0.39, 0.29) is 53.2 Å². The van der Waals surface area contributed by atoms with Gasteiger partial charge in [-0.15, -0.1) is 0 Å². The van der Waals surface area contributed by atoms with Crippen LogP contribution in [0.15, 0.2) is 12.2 Å². The second-order valence-electron chi connectivity index (χ2n) is 11.0. The molecule has 6 aliphatic carbocycles. The van der Waals surface area contributed by atoms with E-state index in [1.165, 1.54) is 6.92 Å². The number of carbonyl (C=O) groups excluding carboxylic acids is 4. The molecule has 0 aromatic carbocycles. The highest BCUT2D eigenvalue weighted by Gasteiger charge is 2.86. The Labute approximate surface area is 170 Å². The minimum Gasteiger partial charge on any atom is -0.463 e. The second-order valence-corrected chi connectivity index (χ2v) is 11.0. The van der Waals surface area contributed by atoms with E-state index in [9.17, 15) is 19.2 Å². The van der Waals surface area contributed by atoms with Crippen molar-refractivity contribution in [1.29, 1.82) is 0 Å². The van der Waals surface area contributed by atoms with E-state index >= 15 is 0 Å². The predicted octanol–water partition coefficient (Wildman–Crippen LogP) is 1.57. The molecule has 1 saturated heterocycles. The lowest BCUT2D eigenvalue weighted by Crippen LogP contribution is -2.72. The van der Waals surface area contributed by atoms with Crippen LogP contribution in [-0.4, -0.2) is 54.0 Å². The standard InChI is InChI=1S/C23H27NO5/c1-10-6-22-14-5-13(10)16(26)15(22)19-23(14)8-12(29-11(2)25)7-21(3,9-24(19)4)18(23)17(27)20(22)28/h12-15,18-19H,1,5-9H2,2-4H3/t12-,13-,14+,15+,18+,19+,21-,22+,23-/m0/s1. The van der Waals surface area contributed by atoms with Crippen molar-refractivity contribution in [1.82, 2.24) is 4.90 Å². The minimum atomic E-state index is -0.918. The van der Waals surface area contributed by atoms with Crippen molar-refractivity contribution >= 4 is 23.3 Å². The molecule has 0 N–H and O–H groups in total. The highest BCUT2D eigenvalue weighted by molar-refractivity contribution is 6.42. The number of rotatable bonds is 1. The lowest BCUT2D eigenvalue weighted by Gasteiger charge is -2.66. The van der Waals surface area contributed by atoms with E-state index in [4.69, 9.17) is 4.74 Å². The van der Waals surface area contributed by atoms with Crippen LogP contribution in [0, 0.1) is 39.9 Å². The van der Waals surface area contributed by atoms with Crippen LogP contribution < -0.4 is 0 Å². The number of Topliss-reactive ketones (excluding diaryl/α,β-unsaturated/α-hetero) is 3. The summed E-state index contributed by atoms with van der Waals surface area (Å²) in [6.45, 7) is 8.27. The van der Waals surface area contributed by atoms with Crippen LogP contribution in [0.4, 0.5) is 0 Å². The molecule has 0 unspecified atom stereocenters. The van der Waals surface area contributed by atoms with Gasteiger partial charge in [0, 0.05) is 42.7 Å². The van der Waals surface area contributed by atoms with Crippen molar-refractivity contribution in [2.24, 2.45) is 39.9 Å². The molecule has 0 aromatic heterocycles. The largest absolute Gasteiger partial charge is 0.463 e. The fraction of sp³-hybridized carbons (Fsp3) is 0.739. The molecule has 6 saturated carbocycles. The van der Waals surface area contributed by atoms with E-state index in [0.717, 1.165) is 5.57 Å². The molecule has 29 heavy (non-hydrogen) atoms. The monoisotopic (exact) mass is 397 g/mol. The summed E-state index contributed by atoms with van der Waals surface area (Å²) in [7, 11) is 2.05. The Bertz CT molecular complexity index is 940. The summed E-state index contributed by atoms with van der Waals surface area (Å²) in [5.41, 5.74) is -0.996. The Hall–Kier alpha value is -1.82. The fourth-order valence-corrected chi connectivity index (χ4v) is 9.62. The van der Waals surface area contributed by atoms with Crippen molar-refractivity contribution < 1.29 is 23.9 Å². The first-order chi connectivity index (χ1) is 13.6. The zero-order chi connectivity index (χ0) is 20.7. The number of carbonyl (C=O) groups is 4. The van der Waals surface area contributed by atoms with Gasteiger partial charge < -0.3 is 9.64 Å². The van der Waals surface area contributed by atoms with E-state index in [2.05, 4.69) is 18.4 Å². The number of ether oxygens (including phenoxy) is 1. The molecule has 6 nitrogen and oxygen atoms in total. The summed E-state index contributed by atoms with van der Waals surface area (Å²) >= 11 is 0. The molecule has 0 amide bonds. The van der Waals surface area contributed by atoms with Gasteiger partial charge in [0.2, 0.25) is 11.6 Å². The SMILES string of the molecule is C=C1C[C@@]23C(=O)C(=O)[C@@H]4[C@@]5(C)C[C@H](OC(C)=O)C[C@]46[C@@H]2C[C@@H]1C(=O)[C@@H]3[C@H]6N(C)C5. The fourth-order valence-electron chi connectivity index (χ4n) is 9.62. The molecule has 154 valence electrons. The molecule has 2 spiro atoms. The quantitative estimate of drug-likeness (QED) is 0.380. The van der Waals surface area contributed by atoms with Gasteiger partial charge in [0.1, 0.15) is 11.9 Å². The number of ketones is 3. The van der Waals surface area contributed by atoms with E-state index in [1.807, 2.05) is 7.05 Å². The summed E-state index contributed by atoms with van der Waals surface area (Å²) in [4.78, 5) is 55.0. The van der Waals surface area contributed by atoms with Gasteiger partial charge in [0.15, 0.2) is 0 Å². The van der Waals surface area contributed by atoms with Crippen LogP contribution in [0.25, 0.3) is 0 Å². The van der Waals surface area contributed by atoms with Gasteiger partial charge in [-0.2, -0.15) is 0 Å². The maximum atomic E-state index is 13.7. The number of nitrogens with zero attached hydrogens (tertiary/aromatic N) is 1. The smallest absolute Gasteiger partial charge is 0.302 e. The van der Waals surface area contributed by atoms with Crippen molar-refractivity contribution in [2.45, 2.75) is 51.7 Å². The summed E-state index contributed by atoms with van der Waals surface area (Å²) in [5, 5.41) is 0. The van der Waals surface area contributed by atoms with Crippen LogP contribution in [0.1, 0.15) is 39.5 Å². The number of hydrogen-bond donors (Lipinski definition) is 0. The molecule has 9 atom stereocenters. The third-order valence-electron chi connectivity index (χ3n) is 9.66. The van der Waals surface area contributed by atoms with Crippen LogP contribution in [-0.2, 0) is 23.9 Å². The van der Waals surface area contributed by atoms with Crippen molar-refractivity contribution in [3.8, 4) is 0 Å². The first kappa shape index (κ1) is 18.0.